The first-order valence-corrected chi connectivity index (χ1v) is 6.88. The summed E-state index contributed by atoms with van der Waals surface area (Å²) >= 11 is 0. The van der Waals surface area contributed by atoms with E-state index in [-0.39, 0.29) is 24.7 Å². The van der Waals surface area contributed by atoms with Crippen molar-refractivity contribution in [3.05, 3.63) is 40.5 Å². The normalized spacial score (nSPS) is 10.6. The first-order valence-electron chi connectivity index (χ1n) is 6.88. The molecule has 1 aromatic carbocycles. The third-order valence-corrected chi connectivity index (χ3v) is 3.10. The molecule has 0 bridgehead atoms. The molecule has 1 aromatic heterocycles. The van der Waals surface area contributed by atoms with Gasteiger partial charge in [0.05, 0.1) is 5.56 Å². The number of aromatic nitrogens is 2. The summed E-state index contributed by atoms with van der Waals surface area (Å²) in [7, 11) is 0. The number of benzene rings is 1. The predicted molar refractivity (Wildman–Crippen MR) is 80.2 cm³/mol. The zero-order valence-corrected chi connectivity index (χ0v) is 13.0. The van der Waals surface area contributed by atoms with Crippen molar-refractivity contribution in [1.82, 2.24) is 10.1 Å². The number of hydrogen-bond acceptors (Lipinski definition) is 6. The molecule has 0 saturated carbocycles. The fourth-order valence-electron chi connectivity index (χ4n) is 2.03. The summed E-state index contributed by atoms with van der Waals surface area (Å²) in [5.74, 6) is -0.662. The second-order valence-electron chi connectivity index (χ2n) is 5.06. The number of carbonyl (C=O) groups is 2. The molecule has 23 heavy (non-hydrogen) atoms. The minimum atomic E-state index is -1.04. The van der Waals surface area contributed by atoms with E-state index in [0.717, 1.165) is 5.56 Å². The van der Waals surface area contributed by atoms with E-state index >= 15 is 0 Å². The van der Waals surface area contributed by atoms with E-state index in [4.69, 9.17) is 14.4 Å². The summed E-state index contributed by atoms with van der Waals surface area (Å²) in [5.41, 5.74) is 1.99. The summed E-state index contributed by atoms with van der Waals surface area (Å²) < 4.78 is 10.0. The Hall–Kier alpha value is -2.74. The van der Waals surface area contributed by atoms with Crippen LogP contribution < -0.4 is 5.32 Å². The van der Waals surface area contributed by atoms with Crippen LogP contribution in [-0.2, 0) is 16.1 Å². The van der Waals surface area contributed by atoms with Crippen molar-refractivity contribution in [2.24, 2.45) is 0 Å². The molecule has 2 aromatic rings. The molecule has 2 rings (SSSR count). The second-order valence-corrected chi connectivity index (χ2v) is 5.06. The van der Waals surface area contributed by atoms with Gasteiger partial charge in [0.25, 0.3) is 5.89 Å². The van der Waals surface area contributed by atoms with Gasteiger partial charge in [-0.3, -0.25) is 4.79 Å². The van der Waals surface area contributed by atoms with E-state index in [1.165, 1.54) is 6.07 Å². The Balaban J connectivity index is 1.94. The molecule has 122 valence electrons. The van der Waals surface area contributed by atoms with Crippen molar-refractivity contribution >= 4 is 17.6 Å². The fraction of sp³-hybridized carbons (Fsp3) is 0.333. The van der Waals surface area contributed by atoms with Gasteiger partial charge in [-0.25, -0.2) is 4.79 Å². The molecule has 2 N–H and O–H groups in total. The molecule has 8 nitrogen and oxygen atoms in total. The van der Waals surface area contributed by atoms with E-state index in [2.05, 4.69) is 15.5 Å². The van der Waals surface area contributed by atoms with Gasteiger partial charge in [0.15, 0.2) is 5.82 Å². The van der Waals surface area contributed by atoms with Crippen molar-refractivity contribution in [1.29, 1.82) is 0 Å². The van der Waals surface area contributed by atoms with Gasteiger partial charge >= 0.3 is 5.97 Å². The largest absolute Gasteiger partial charge is 0.478 e. The summed E-state index contributed by atoms with van der Waals surface area (Å²) in [6.07, 6.45) is 0. The van der Waals surface area contributed by atoms with E-state index in [1.54, 1.807) is 26.8 Å². The molecular weight excluding hydrogens is 302 g/mol. The van der Waals surface area contributed by atoms with Crippen LogP contribution in [0.3, 0.4) is 0 Å². The monoisotopic (exact) mass is 319 g/mol. The lowest BCUT2D eigenvalue weighted by Gasteiger charge is -2.11. The van der Waals surface area contributed by atoms with Crippen LogP contribution in [0, 0.1) is 20.8 Å². The SMILES string of the molecule is Cc1noc(COCC(=O)Nc2cc(C(=O)O)c(C)cc2C)n1. The lowest BCUT2D eigenvalue weighted by atomic mass is 10.0. The van der Waals surface area contributed by atoms with Crippen LogP contribution in [0.25, 0.3) is 0 Å². The number of anilines is 1. The number of rotatable bonds is 6. The van der Waals surface area contributed by atoms with Gasteiger partial charge in [-0.05, 0) is 38.0 Å². The average Bonchev–Trinajstić information content (AvgIpc) is 2.87. The molecule has 0 fully saturated rings. The number of nitrogens with zero attached hydrogens (tertiary/aromatic N) is 2. The third kappa shape index (κ3) is 4.36. The van der Waals surface area contributed by atoms with E-state index < -0.39 is 11.9 Å². The molecule has 0 atom stereocenters. The number of amides is 1. The highest BCUT2D eigenvalue weighted by Crippen LogP contribution is 2.20. The van der Waals surface area contributed by atoms with Crippen LogP contribution in [0.4, 0.5) is 5.69 Å². The van der Waals surface area contributed by atoms with Gasteiger partial charge in [0.1, 0.15) is 13.2 Å². The lowest BCUT2D eigenvalue weighted by molar-refractivity contribution is -0.121. The van der Waals surface area contributed by atoms with Crippen molar-refractivity contribution in [2.45, 2.75) is 27.4 Å². The molecule has 0 saturated heterocycles. The molecule has 8 heteroatoms. The minimum absolute atomic E-state index is 0.0293. The Kier molecular flexibility index (Phi) is 5.07. The summed E-state index contributed by atoms with van der Waals surface area (Å²) in [4.78, 5) is 27.0. The molecular formula is C15H17N3O5. The zero-order valence-electron chi connectivity index (χ0n) is 13.0. The first-order chi connectivity index (χ1) is 10.9. The van der Waals surface area contributed by atoms with Crippen LogP contribution in [0.15, 0.2) is 16.7 Å². The van der Waals surface area contributed by atoms with Gasteiger partial charge in [-0.15, -0.1) is 0 Å². The second kappa shape index (κ2) is 7.01. The maximum Gasteiger partial charge on any atom is 0.336 e. The molecule has 1 amide bonds. The number of nitrogens with one attached hydrogen (secondary N) is 1. The number of carboxylic acid groups (broad SMARTS) is 1. The van der Waals surface area contributed by atoms with Gasteiger partial charge in [-0.1, -0.05) is 11.2 Å². The highest BCUT2D eigenvalue weighted by atomic mass is 16.5. The van der Waals surface area contributed by atoms with Crippen LogP contribution in [0.1, 0.15) is 33.2 Å². The van der Waals surface area contributed by atoms with Crippen LogP contribution in [0.5, 0.6) is 0 Å². The Morgan fingerprint density at radius 2 is 2.00 bits per heavy atom. The predicted octanol–water partition coefficient (Wildman–Crippen LogP) is 1.85. The Morgan fingerprint density at radius 1 is 1.26 bits per heavy atom. The molecule has 0 aliphatic carbocycles. The van der Waals surface area contributed by atoms with Gasteiger partial charge < -0.3 is 19.7 Å². The van der Waals surface area contributed by atoms with Crippen LogP contribution >= 0.6 is 0 Å². The Bertz CT molecular complexity index is 739. The number of ether oxygens (including phenoxy) is 1. The van der Waals surface area contributed by atoms with E-state index in [1.807, 2.05) is 0 Å². The van der Waals surface area contributed by atoms with E-state index in [9.17, 15) is 9.59 Å². The Labute approximate surface area is 132 Å². The molecule has 0 aliphatic rings. The van der Waals surface area contributed by atoms with E-state index in [0.29, 0.717) is 17.1 Å². The smallest absolute Gasteiger partial charge is 0.336 e. The average molecular weight is 319 g/mol. The van der Waals surface area contributed by atoms with Crippen molar-refractivity contribution < 1.29 is 24.0 Å². The van der Waals surface area contributed by atoms with Crippen molar-refractivity contribution in [3.63, 3.8) is 0 Å². The molecule has 0 aliphatic heterocycles. The zero-order chi connectivity index (χ0) is 17.0. The molecule has 0 spiro atoms. The molecule has 1 heterocycles. The van der Waals surface area contributed by atoms with Gasteiger partial charge in [0.2, 0.25) is 5.91 Å². The molecule has 0 unspecified atom stereocenters. The summed E-state index contributed by atoms with van der Waals surface area (Å²) in [6, 6.07) is 3.15. The quantitative estimate of drug-likeness (QED) is 0.835. The maximum atomic E-state index is 11.9. The number of aromatic carboxylic acids is 1. The van der Waals surface area contributed by atoms with Gasteiger partial charge in [0, 0.05) is 5.69 Å². The topological polar surface area (TPSA) is 115 Å². The lowest BCUT2D eigenvalue weighted by Crippen LogP contribution is -2.19. The Morgan fingerprint density at radius 3 is 2.61 bits per heavy atom. The van der Waals surface area contributed by atoms with Crippen LogP contribution in [-0.4, -0.2) is 33.7 Å². The number of aryl methyl sites for hydroxylation is 3. The number of hydrogen-bond donors (Lipinski definition) is 2. The highest BCUT2D eigenvalue weighted by molar-refractivity contribution is 5.96. The summed E-state index contributed by atoms with van der Waals surface area (Å²) in [6.45, 7) is 4.99. The van der Waals surface area contributed by atoms with Crippen molar-refractivity contribution in [3.8, 4) is 0 Å². The highest BCUT2D eigenvalue weighted by Gasteiger charge is 2.13. The summed E-state index contributed by atoms with van der Waals surface area (Å²) in [5, 5.41) is 15.4. The number of carboxylic acids is 1. The maximum absolute atomic E-state index is 11.9. The first kappa shape index (κ1) is 16.6. The van der Waals surface area contributed by atoms with Crippen molar-refractivity contribution in [2.75, 3.05) is 11.9 Å². The third-order valence-electron chi connectivity index (χ3n) is 3.10. The minimum Gasteiger partial charge on any atom is -0.478 e. The van der Waals surface area contributed by atoms with Crippen LogP contribution in [0.2, 0.25) is 0 Å². The number of carbonyl (C=O) groups excluding carboxylic acids is 1. The fourth-order valence-corrected chi connectivity index (χ4v) is 2.03. The van der Waals surface area contributed by atoms with Gasteiger partial charge in [-0.2, -0.15) is 4.98 Å². The molecule has 0 radical (unpaired) electrons. The standard InChI is InChI=1S/C15H17N3O5/c1-8-4-9(2)12(5-11(8)15(20)21)17-13(19)6-22-7-14-16-10(3)18-23-14/h4-5H,6-7H2,1-3H3,(H,17,19)(H,20,21).